The van der Waals surface area contributed by atoms with E-state index in [0.717, 1.165) is 30.4 Å². The molecule has 1 heterocycles. The second kappa shape index (κ2) is 10.8. The molecule has 0 atom stereocenters. The lowest BCUT2D eigenvalue weighted by atomic mass is 9.97. The van der Waals surface area contributed by atoms with Crippen LogP contribution in [0.15, 0.2) is 81.9 Å². The van der Waals surface area contributed by atoms with Crippen LogP contribution in [-0.4, -0.2) is 22.0 Å². The molecule has 0 saturated heterocycles. The molecule has 4 rings (SSSR count). The lowest BCUT2D eigenvalue weighted by Crippen LogP contribution is -2.42. The average molecular weight is 459 g/mol. The molecule has 7 heteroatoms. The zero-order valence-electron chi connectivity index (χ0n) is 19.2. The molecule has 0 fully saturated rings. The summed E-state index contributed by atoms with van der Waals surface area (Å²) < 4.78 is 1.31. The fraction of sp³-hybridized carbons (Fsp3) is 0.296. The van der Waals surface area contributed by atoms with Gasteiger partial charge in [-0.1, -0.05) is 72.3 Å². The van der Waals surface area contributed by atoms with Crippen molar-refractivity contribution in [3.05, 3.63) is 104 Å². The smallest absolute Gasteiger partial charge is 0.330 e. The number of carbonyl (C=O) groups excluding carboxylic acids is 1. The van der Waals surface area contributed by atoms with Gasteiger partial charge in [-0.3, -0.25) is 19.1 Å². The van der Waals surface area contributed by atoms with Crippen molar-refractivity contribution in [2.45, 2.75) is 45.1 Å². The summed E-state index contributed by atoms with van der Waals surface area (Å²) in [5.41, 5.74) is 8.20. The van der Waals surface area contributed by atoms with Crippen LogP contribution in [0, 0.1) is 0 Å². The summed E-state index contributed by atoms with van der Waals surface area (Å²) in [4.78, 5) is 42.9. The van der Waals surface area contributed by atoms with E-state index in [1.165, 1.54) is 21.5 Å². The molecule has 34 heavy (non-hydrogen) atoms. The maximum absolute atomic E-state index is 13.5. The minimum Gasteiger partial charge on any atom is -0.383 e. The molecule has 176 valence electrons. The van der Waals surface area contributed by atoms with Crippen molar-refractivity contribution in [3.8, 4) is 0 Å². The van der Waals surface area contributed by atoms with Gasteiger partial charge in [-0.2, -0.15) is 0 Å². The second-order valence-electron chi connectivity index (χ2n) is 8.63. The lowest BCUT2D eigenvalue weighted by Gasteiger charge is -2.26. The summed E-state index contributed by atoms with van der Waals surface area (Å²) in [6, 6.07) is 18.8. The van der Waals surface area contributed by atoms with Crippen LogP contribution in [0.25, 0.3) is 0 Å². The number of anilines is 2. The number of nitrogens with one attached hydrogen (secondary N) is 1. The first-order valence-corrected chi connectivity index (χ1v) is 11.7. The summed E-state index contributed by atoms with van der Waals surface area (Å²) in [6.07, 6.45) is 7.38. The van der Waals surface area contributed by atoms with Crippen LogP contribution in [0.5, 0.6) is 0 Å². The van der Waals surface area contributed by atoms with Gasteiger partial charge in [0.05, 0.1) is 13.0 Å². The second-order valence-corrected chi connectivity index (χ2v) is 8.63. The van der Waals surface area contributed by atoms with Crippen molar-refractivity contribution < 1.29 is 4.79 Å². The maximum Gasteiger partial charge on any atom is 0.330 e. The van der Waals surface area contributed by atoms with Gasteiger partial charge < -0.3 is 10.6 Å². The molecule has 0 bridgehead atoms. The monoisotopic (exact) mass is 458 g/mol. The summed E-state index contributed by atoms with van der Waals surface area (Å²) in [5.74, 6) is -0.235. The molecular weight excluding hydrogens is 428 g/mol. The molecule has 0 saturated carbocycles. The van der Waals surface area contributed by atoms with E-state index in [1.54, 1.807) is 0 Å². The molecule has 3 N–H and O–H groups in total. The number of nitrogen functional groups attached to an aromatic ring is 1. The molecule has 1 amide bonds. The minimum absolute atomic E-state index is 0.00311. The van der Waals surface area contributed by atoms with Gasteiger partial charge in [0.2, 0.25) is 5.91 Å². The number of rotatable bonds is 8. The number of aromatic amines is 1. The normalized spacial score (nSPS) is 13.4. The Morgan fingerprint density at radius 3 is 2.29 bits per heavy atom. The van der Waals surface area contributed by atoms with Crippen LogP contribution in [-0.2, 0) is 17.8 Å². The van der Waals surface area contributed by atoms with Crippen LogP contribution in [0.4, 0.5) is 11.5 Å². The zero-order valence-corrected chi connectivity index (χ0v) is 19.2. The van der Waals surface area contributed by atoms with Crippen LogP contribution >= 0.6 is 0 Å². The fourth-order valence-corrected chi connectivity index (χ4v) is 4.38. The van der Waals surface area contributed by atoms with Crippen molar-refractivity contribution in [2.75, 3.05) is 17.2 Å². The van der Waals surface area contributed by atoms with E-state index in [-0.39, 0.29) is 30.4 Å². The molecule has 1 aromatic heterocycles. The Morgan fingerprint density at radius 2 is 1.65 bits per heavy atom. The fourth-order valence-electron chi connectivity index (χ4n) is 4.38. The first-order valence-electron chi connectivity index (χ1n) is 11.7. The molecule has 0 spiro atoms. The summed E-state index contributed by atoms with van der Waals surface area (Å²) >= 11 is 0. The third kappa shape index (κ3) is 5.54. The number of allylic oxidation sites excluding steroid dienone is 1. The summed E-state index contributed by atoms with van der Waals surface area (Å²) in [7, 11) is 0. The number of nitrogens with two attached hydrogens (primary N) is 1. The summed E-state index contributed by atoms with van der Waals surface area (Å²) in [6.45, 7) is 0.523. The van der Waals surface area contributed by atoms with Gasteiger partial charge in [0, 0.05) is 6.54 Å². The Hall–Kier alpha value is -3.87. The number of aromatic nitrogens is 2. The SMILES string of the molecule is Nc1c(N(CCC2=CCCCC2)C(=O)Cc2ccccc2)c(=O)[nH]c(=O)n1Cc1ccccc1. The Balaban J connectivity index is 1.70. The molecule has 2 aromatic carbocycles. The molecule has 0 radical (unpaired) electrons. The molecular formula is C27H30N4O3. The number of hydrogen-bond acceptors (Lipinski definition) is 4. The topological polar surface area (TPSA) is 101 Å². The first kappa shape index (κ1) is 23.3. The molecule has 7 nitrogen and oxygen atoms in total. The Labute approximate surface area is 198 Å². The zero-order chi connectivity index (χ0) is 23.9. The minimum atomic E-state index is -0.647. The average Bonchev–Trinajstić information content (AvgIpc) is 2.85. The highest BCUT2D eigenvalue weighted by Crippen LogP contribution is 2.24. The van der Waals surface area contributed by atoms with Gasteiger partial charge in [0.15, 0.2) is 5.69 Å². The molecule has 3 aromatic rings. The molecule has 1 aliphatic carbocycles. The van der Waals surface area contributed by atoms with Crippen molar-refractivity contribution in [3.63, 3.8) is 0 Å². The predicted molar refractivity (Wildman–Crippen MR) is 135 cm³/mol. The van der Waals surface area contributed by atoms with E-state index in [2.05, 4.69) is 11.1 Å². The standard InChI is InChI=1S/C27H30N4O3/c28-25-24(26(33)29-27(34)31(25)19-22-14-8-3-9-15-22)30(17-16-20-10-4-1-5-11-20)23(32)18-21-12-6-2-7-13-21/h2-3,6-10,12-15H,1,4-5,11,16-19,28H2,(H,29,33,34). The number of amides is 1. The highest BCUT2D eigenvalue weighted by molar-refractivity contribution is 5.96. The van der Waals surface area contributed by atoms with Crippen LogP contribution in [0.3, 0.4) is 0 Å². The van der Waals surface area contributed by atoms with E-state index in [9.17, 15) is 14.4 Å². The highest BCUT2D eigenvalue weighted by atomic mass is 16.2. The number of hydrogen-bond donors (Lipinski definition) is 2. The van der Waals surface area contributed by atoms with E-state index in [4.69, 9.17) is 5.73 Å². The first-order chi connectivity index (χ1) is 16.5. The molecule has 0 unspecified atom stereocenters. The van der Waals surface area contributed by atoms with Crippen LogP contribution in [0.2, 0.25) is 0 Å². The third-order valence-corrected chi connectivity index (χ3v) is 6.21. The van der Waals surface area contributed by atoms with Crippen LogP contribution < -0.4 is 21.9 Å². The van der Waals surface area contributed by atoms with Gasteiger partial charge in [-0.25, -0.2) is 4.79 Å². The van der Waals surface area contributed by atoms with Crippen molar-refractivity contribution in [2.24, 2.45) is 0 Å². The van der Waals surface area contributed by atoms with Crippen molar-refractivity contribution in [1.82, 2.24) is 9.55 Å². The van der Waals surface area contributed by atoms with Gasteiger partial charge in [-0.05, 0) is 43.2 Å². The van der Waals surface area contributed by atoms with Gasteiger partial charge in [0.25, 0.3) is 5.56 Å². The van der Waals surface area contributed by atoms with Crippen molar-refractivity contribution in [1.29, 1.82) is 0 Å². The van der Waals surface area contributed by atoms with E-state index in [1.807, 2.05) is 60.7 Å². The number of nitrogens with zero attached hydrogens (tertiary/aromatic N) is 2. The van der Waals surface area contributed by atoms with Crippen molar-refractivity contribution >= 4 is 17.4 Å². The maximum atomic E-state index is 13.5. The highest BCUT2D eigenvalue weighted by Gasteiger charge is 2.25. The van der Waals surface area contributed by atoms with Gasteiger partial charge in [-0.15, -0.1) is 0 Å². The van der Waals surface area contributed by atoms with E-state index in [0.29, 0.717) is 13.0 Å². The van der Waals surface area contributed by atoms with Crippen LogP contribution in [0.1, 0.15) is 43.2 Å². The van der Waals surface area contributed by atoms with E-state index < -0.39 is 11.2 Å². The van der Waals surface area contributed by atoms with Gasteiger partial charge >= 0.3 is 5.69 Å². The Kier molecular flexibility index (Phi) is 7.42. The Bertz CT molecular complexity index is 1280. The number of H-pyrrole nitrogens is 1. The lowest BCUT2D eigenvalue weighted by molar-refractivity contribution is -0.118. The van der Waals surface area contributed by atoms with Gasteiger partial charge in [0.1, 0.15) is 5.82 Å². The number of benzene rings is 2. The number of carbonyl (C=O) groups is 1. The third-order valence-electron chi connectivity index (χ3n) is 6.21. The predicted octanol–water partition coefficient (Wildman–Crippen LogP) is 3.63. The quantitative estimate of drug-likeness (QED) is 0.503. The summed E-state index contributed by atoms with van der Waals surface area (Å²) in [5, 5.41) is 0. The molecule has 1 aliphatic rings. The Morgan fingerprint density at radius 1 is 0.971 bits per heavy atom. The van der Waals surface area contributed by atoms with E-state index >= 15 is 0 Å². The molecule has 0 aliphatic heterocycles. The largest absolute Gasteiger partial charge is 0.383 e.